The molecule has 0 unspecified atom stereocenters. The average molecular weight is 565 g/mol. The number of carbonyl (C=O) groups is 1. The van der Waals surface area contributed by atoms with Crippen LogP contribution in [0.2, 0.25) is 10.0 Å². The molecule has 37 heavy (non-hydrogen) atoms. The van der Waals surface area contributed by atoms with E-state index in [0.717, 1.165) is 5.56 Å². The lowest BCUT2D eigenvalue weighted by molar-refractivity contribution is 0.0527. The summed E-state index contributed by atoms with van der Waals surface area (Å²) in [7, 11) is -2.32. The first kappa shape index (κ1) is 28.8. The van der Waals surface area contributed by atoms with Crippen molar-refractivity contribution in [3.8, 4) is 16.9 Å². The molecule has 0 heterocycles. The SMILES string of the molecule is COc1ccc(-c2cc(Cl)ccc2Cl)cc1S(=O)(=O)Cc1cccc(CCCNC(=O)OC(C)(C)C)c1. The maximum absolute atomic E-state index is 13.5. The Balaban J connectivity index is 1.74. The van der Waals surface area contributed by atoms with Gasteiger partial charge in [0.15, 0.2) is 9.84 Å². The highest BCUT2D eigenvalue weighted by atomic mass is 35.5. The van der Waals surface area contributed by atoms with Crippen LogP contribution in [0.4, 0.5) is 4.79 Å². The monoisotopic (exact) mass is 563 g/mol. The molecule has 9 heteroatoms. The molecule has 0 saturated heterocycles. The van der Waals surface area contributed by atoms with Gasteiger partial charge in [-0.25, -0.2) is 13.2 Å². The summed E-state index contributed by atoms with van der Waals surface area (Å²) >= 11 is 12.5. The zero-order valence-electron chi connectivity index (χ0n) is 21.3. The summed E-state index contributed by atoms with van der Waals surface area (Å²) in [6.07, 6.45) is 0.907. The third kappa shape index (κ3) is 8.38. The van der Waals surface area contributed by atoms with E-state index < -0.39 is 21.5 Å². The molecule has 3 aromatic rings. The minimum Gasteiger partial charge on any atom is -0.495 e. The number of hydrogen-bond donors (Lipinski definition) is 1. The predicted molar refractivity (Wildman–Crippen MR) is 148 cm³/mol. The van der Waals surface area contributed by atoms with E-state index in [1.54, 1.807) is 42.5 Å². The third-order valence-electron chi connectivity index (χ3n) is 5.40. The van der Waals surface area contributed by atoms with E-state index in [0.29, 0.717) is 46.1 Å². The fourth-order valence-corrected chi connectivity index (χ4v) is 5.71. The summed E-state index contributed by atoms with van der Waals surface area (Å²) in [6.45, 7) is 5.88. The maximum atomic E-state index is 13.5. The van der Waals surface area contributed by atoms with Gasteiger partial charge in [-0.1, -0.05) is 53.5 Å². The van der Waals surface area contributed by atoms with Crippen LogP contribution < -0.4 is 10.1 Å². The number of nitrogens with one attached hydrogen (secondary N) is 1. The van der Waals surface area contributed by atoms with Crippen molar-refractivity contribution in [2.45, 2.75) is 49.9 Å². The number of alkyl carbamates (subject to hydrolysis) is 1. The van der Waals surface area contributed by atoms with Crippen molar-refractivity contribution in [2.75, 3.05) is 13.7 Å². The molecule has 0 aromatic heterocycles. The van der Waals surface area contributed by atoms with E-state index in [9.17, 15) is 13.2 Å². The zero-order valence-corrected chi connectivity index (χ0v) is 23.6. The number of carbonyl (C=O) groups excluding carboxylic acids is 1. The van der Waals surface area contributed by atoms with Crippen molar-refractivity contribution in [1.29, 1.82) is 0 Å². The highest BCUT2D eigenvalue weighted by Gasteiger charge is 2.22. The molecular formula is C28H31Cl2NO5S. The number of halogens is 2. The first-order valence-corrected chi connectivity index (χ1v) is 14.2. The van der Waals surface area contributed by atoms with Crippen molar-refractivity contribution in [3.63, 3.8) is 0 Å². The summed E-state index contributed by atoms with van der Waals surface area (Å²) in [5.74, 6) is 0.0615. The van der Waals surface area contributed by atoms with Crippen LogP contribution >= 0.6 is 23.2 Å². The number of benzene rings is 3. The van der Waals surface area contributed by atoms with Gasteiger partial charge in [0.1, 0.15) is 16.2 Å². The maximum Gasteiger partial charge on any atom is 0.407 e. The number of sulfone groups is 1. The Morgan fingerprint density at radius 3 is 2.41 bits per heavy atom. The molecule has 0 fully saturated rings. The van der Waals surface area contributed by atoms with E-state index in [4.69, 9.17) is 32.7 Å². The standard InChI is InChI=1S/C28H31Cl2NO5S/c1-28(2,3)36-27(32)31-14-6-9-19-7-5-8-20(15-19)18-37(33,34)26-16-21(10-13-25(26)35-4)23-17-22(29)11-12-24(23)30/h5,7-8,10-13,15-17H,6,9,14,18H2,1-4H3,(H,31,32). The van der Waals surface area contributed by atoms with Crippen molar-refractivity contribution in [2.24, 2.45) is 0 Å². The number of aryl methyl sites for hydroxylation is 1. The highest BCUT2D eigenvalue weighted by molar-refractivity contribution is 7.90. The summed E-state index contributed by atoms with van der Waals surface area (Å²) in [5, 5.41) is 3.70. The van der Waals surface area contributed by atoms with Crippen molar-refractivity contribution in [3.05, 3.63) is 81.8 Å². The minimum atomic E-state index is -3.75. The topological polar surface area (TPSA) is 81.7 Å². The Morgan fingerprint density at radius 2 is 1.70 bits per heavy atom. The van der Waals surface area contributed by atoms with Gasteiger partial charge in [0, 0.05) is 22.2 Å². The van der Waals surface area contributed by atoms with Gasteiger partial charge in [0.2, 0.25) is 0 Å². The Morgan fingerprint density at radius 1 is 0.973 bits per heavy atom. The Bertz CT molecular complexity index is 1370. The second-order valence-corrected chi connectivity index (χ2v) is 12.4. The van der Waals surface area contributed by atoms with Crippen LogP contribution in [0.15, 0.2) is 65.6 Å². The van der Waals surface area contributed by atoms with Crippen molar-refractivity contribution >= 4 is 39.1 Å². The summed E-state index contributed by atoms with van der Waals surface area (Å²) in [4.78, 5) is 11.9. The Hall–Kier alpha value is -2.74. The number of methoxy groups -OCH3 is 1. The first-order chi connectivity index (χ1) is 17.4. The molecule has 6 nitrogen and oxygen atoms in total. The van der Waals surface area contributed by atoms with Crippen molar-refractivity contribution in [1.82, 2.24) is 5.32 Å². The lowest BCUT2D eigenvalue weighted by atomic mass is 10.1. The van der Waals surface area contributed by atoms with Gasteiger partial charge < -0.3 is 14.8 Å². The van der Waals surface area contributed by atoms with Gasteiger partial charge in [-0.3, -0.25) is 0 Å². The lowest BCUT2D eigenvalue weighted by Crippen LogP contribution is -2.33. The van der Waals surface area contributed by atoms with E-state index in [1.807, 2.05) is 39.0 Å². The second-order valence-electron chi connectivity index (χ2n) is 9.60. The normalized spacial score (nSPS) is 11.7. The molecule has 0 aliphatic carbocycles. The third-order valence-corrected chi connectivity index (χ3v) is 7.66. The van der Waals surface area contributed by atoms with Gasteiger partial charge in [-0.2, -0.15) is 0 Å². The van der Waals surface area contributed by atoms with E-state index in [1.165, 1.54) is 7.11 Å². The van der Waals surface area contributed by atoms with E-state index >= 15 is 0 Å². The molecule has 0 radical (unpaired) electrons. The van der Waals surface area contributed by atoms with Gasteiger partial charge in [-0.05, 0) is 80.6 Å². The number of hydrogen-bond acceptors (Lipinski definition) is 5. The molecule has 3 aromatic carbocycles. The van der Waals surface area contributed by atoms with Crippen LogP contribution in [0, 0.1) is 0 Å². The molecule has 0 bridgehead atoms. The smallest absolute Gasteiger partial charge is 0.407 e. The van der Waals surface area contributed by atoms with Crippen LogP contribution in [0.1, 0.15) is 38.3 Å². The fourth-order valence-electron chi connectivity index (χ4n) is 3.78. The number of ether oxygens (including phenoxy) is 2. The van der Waals surface area contributed by atoms with Gasteiger partial charge in [0.05, 0.1) is 12.9 Å². The number of rotatable bonds is 9. The van der Waals surface area contributed by atoms with Gasteiger partial charge in [-0.15, -0.1) is 0 Å². The molecule has 0 atom stereocenters. The molecule has 0 aliphatic heterocycles. The Kier molecular flexibility index (Phi) is 9.51. The minimum absolute atomic E-state index is 0.0792. The fraction of sp³-hybridized carbons (Fsp3) is 0.321. The largest absolute Gasteiger partial charge is 0.495 e. The van der Waals surface area contributed by atoms with Gasteiger partial charge >= 0.3 is 6.09 Å². The van der Waals surface area contributed by atoms with Crippen LogP contribution in [0.5, 0.6) is 5.75 Å². The molecule has 0 spiro atoms. The predicted octanol–water partition coefficient (Wildman–Crippen LogP) is 7.10. The lowest BCUT2D eigenvalue weighted by Gasteiger charge is -2.19. The molecular weight excluding hydrogens is 533 g/mol. The van der Waals surface area contributed by atoms with Crippen LogP contribution in [-0.2, 0) is 26.7 Å². The molecule has 3 rings (SSSR count). The molecule has 1 amide bonds. The van der Waals surface area contributed by atoms with Crippen LogP contribution in [-0.4, -0.2) is 33.8 Å². The van der Waals surface area contributed by atoms with E-state index in [2.05, 4.69) is 5.32 Å². The zero-order chi connectivity index (χ0) is 27.2. The molecule has 198 valence electrons. The van der Waals surface area contributed by atoms with Crippen LogP contribution in [0.3, 0.4) is 0 Å². The average Bonchev–Trinajstić information content (AvgIpc) is 2.82. The quantitative estimate of drug-likeness (QED) is 0.281. The molecule has 0 saturated carbocycles. The van der Waals surface area contributed by atoms with Gasteiger partial charge in [0.25, 0.3) is 0 Å². The summed E-state index contributed by atoms with van der Waals surface area (Å²) < 4.78 is 37.6. The molecule has 0 aliphatic rings. The highest BCUT2D eigenvalue weighted by Crippen LogP contribution is 2.36. The first-order valence-electron chi connectivity index (χ1n) is 11.8. The van der Waals surface area contributed by atoms with Crippen molar-refractivity contribution < 1.29 is 22.7 Å². The molecule has 1 N–H and O–H groups in total. The number of amides is 1. The summed E-state index contributed by atoms with van der Waals surface area (Å²) in [5.41, 5.74) is 2.34. The van der Waals surface area contributed by atoms with Crippen LogP contribution in [0.25, 0.3) is 11.1 Å². The second kappa shape index (κ2) is 12.2. The summed E-state index contributed by atoms with van der Waals surface area (Å²) in [6, 6.07) is 17.4. The Labute approximate surface area is 228 Å². The van der Waals surface area contributed by atoms with E-state index in [-0.39, 0.29) is 16.4 Å².